The van der Waals surface area contributed by atoms with E-state index in [0.29, 0.717) is 18.0 Å². The van der Waals surface area contributed by atoms with Crippen molar-refractivity contribution in [3.63, 3.8) is 0 Å². The highest BCUT2D eigenvalue weighted by Crippen LogP contribution is 2.25. The summed E-state index contributed by atoms with van der Waals surface area (Å²) in [4.78, 5) is 2.50. The summed E-state index contributed by atoms with van der Waals surface area (Å²) in [7, 11) is 0.557. The van der Waals surface area contributed by atoms with Gasteiger partial charge < -0.3 is 4.90 Å². The van der Waals surface area contributed by atoms with Crippen LogP contribution in [0.25, 0.3) is 0 Å². The third-order valence-electron chi connectivity index (χ3n) is 4.65. The predicted molar refractivity (Wildman–Crippen MR) is 97.7 cm³/mol. The van der Waals surface area contributed by atoms with E-state index in [9.17, 15) is 8.42 Å². The molecule has 136 valence electrons. The van der Waals surface area contributed by atoms with Crippen LogP contribution in [0.2, 0.25) is 0 Å². The highest BCUT2D eigenvalue weighted by atomic mass is 32.2. The topological polar surface area (TPSA) is 58.4 Å². The van der Waals surface area contributed by atoms with E-state index in [4.69, 9.17) is 0 Å². The number of aromatic nitrogens is 2. The Balaban J connectivity index is 1.91. The average molecular weight is 362 g/mol. The summed E-state index contributed by atoms with van der Waals surface area (Å²) in [5, 5.41) is 4.38. The van der Waals surface area contributed by atoms with Crippen LogP contribution in [0.1, 0.15) is 17.7 Å². The van der Waals surface area contributed by atoms with Gasteiger partial charge in [-0.1, -0.05) is 12.1 Å². The van der Waals surface area contributed by atoms with Crippen LogP contribution in [0.3, 0.4) is 0 Å². The Morgan fingerprint density at radius 2 is 2.04 bits per heavy atom. The molecule has 6 nitrogen and oxygen atoms in total. The van der Waals surface area contributed by atoms with E-state index in [2.05, 4.69) is 10.00 Å². The molecule has 0 amide bonds. The summed E-state index contributed by atoms with van der Waals surface area (Å²) in [6.45, 7) is 4.49. The molecule has 0 saturated carbocycles. The van der Waals surface area contributed by atoms with Gasteiger partial charge in [0.25, 0.3) is 0 Å². The first-order chi connectivity index (χ1) is 11.9. The second kappa shape index (κ2) is 7.27. The molecule has 3 rings (SSSR count). The maximum atomic E-state index is 13.2. The SMILES string of the molecule is Cc1cccc(S(=O)(=O)N2Cc3ccnn3CC(CCN(C)C)C2)c1. The van der Waals surface area contributed by atoms with Crippen LogP contribution in [0, 0.1) is 12.8 Å². The lowest BCUT2D eigenvalue weighted by Gasteiger charge is -2.24. The molecule has 1 aromatic heterocycles. The molecule has 0 fully saturated rings. The summed E-state index contributed by atoms with van der Waals surface area (Å²) >= 11 is 0. The van der Waals surface area contributed by atoms with Gasteiger partial charge in [-0.05, 0) is 63.7 Å². The van der Waals surface area contributed by atoms with Gasteiger partial charge in [0.2, 0.25) is 10.0 Å². The van der Waals surface area contributed by atoms with Crippen LogP contribution in [0.4, 0.5) is 0 Å². The van der Waals surface area contributed by atoms with Crippen molar-refractivity contribution in [3.8, 4) is 0 Å². The van der Waals surface area contributed by atoms with Gasteiger partial charge in [0.15, 0.2) is 0 Å². The van der Waals surface area contributed by atoms with Gasteiger partial charge in [-0.25, -0.2) is 8.42 Å². The first-order valence-corrected chi connectivity index (χ1v) is 10.0. The lowest BCUT2D eigenvalue weighted by molar-refractivity contribution is 0.285. The molecule has 1 aromatic carbocycles. The van der Waals surface area contributed by atoms with E-state index in [1.54, 1.807) is 28.7 Å². The second-order valence-electron chi connectivity index (χ2n) is 7.08. The summed E-state index contributed by atoms with van der Waals surface area (Å²) < 4.78 is 30.0. The maximum absolute atomic E-state index is 13.2. The summed E-state index contributed by atoms with van der Waals surface area (Å²) in [5.74, 6) is 0.239. The van der Waals surface area contributed by atoms with Crippen molar-refractivity contribution >= 4 is 10.0 Å². The van der Waals surface area contributed by atoms with Gasteiger partial charge in [0.05, 0.1) is 17.1 Å². The van der Waals surface area contributed by atoms with Gasteiger partial charge in [-0.2, -0.15) is 9.40 Å². The largest absolute Gasteiger partial charge is 0.309 e. The zero-order chi connectivity index (χ0) is 18.0. The number of hydrogen-bond donors (Lipinski definition) is 0. The van der Waals surface area contributed by atoms with Crippen molar-refractivity contribution in [2.24, 2.45) is 5.92 Å². The third-order valence-corrected chi connectivity index (χ3v) is 6.46. The molecule has 1 atom stereocenters. The van der Waals surface area contributed by atoms with Crippen molar-refractivity contribution < 1.29 is 8.42 Å². The fourth-order valence-electron chi connectivity index (χ4n) is 3.23. The minimum atomic E-state index is -3.52. The van der Waals surface area contributed by atoms with Crippen molar-refractivity contribution in [1.82, 2.24) is 19.0 Å². The van der Waals surface area contributed by atoms with E-state index in [-0.39, 0.29) is 5.92 Å². The van der Waals surface area contributed by atoms with Gasteiger partial charge in [-0.3, -0.25) is 4.68 Å². The Morgan fingerprint density at radius 1 is 1.24 bits per heavy atom. The van der Waals surface area contributed by atoms with E-state index < -0.39 is 10.0 Å². The Morgan fingerprint density at radius 3 is 2.76 bits per heavy atom. The first kappa shape index (κ1) is 18.1. The Hall–Kier alpha value is -1.70. The number of hydrogen-bond acceptors (Lipinski definition) is 4. The van der Waals surface area contributed by atoms with Crippen LogP contribution in [0.5, 0.6) is 0 Å². The molecule has 7 heteroatoms. The van der Waals surface area contributed by atoms with E-state index in [1.807, 2.05) is 37.8 Å². The minimum absolute atomic E-state index is 0.239. The molecule has 0 aliphatic carbocycles. The highest BCUT2D eigenvalue weighted by molar-refractivity contribution is 7.89. The van der Waals surface area contributed by atoms with Crippen LogP contribution >= 0.6 is 0 Å². The van der Waals surface area contributed by atoms with Gasteiger partial charge in [0, 0.05) is 19.3 Å². The van der Waals surface area contributed by atoms with Crippen molar-refractivity contribution in [3.05, 3.63) is 47.8 Å². The van der Waals surface area contributed by atoms with Gasteiger partial charge >= 0.3 is 0 Å². The second-order valence-corrected chi connectivity index (χ2v) is 9.01. The van der Waals surface area contributed by atoms with Crippen molar-refractivity contribution in [1.29, 1.82) is 0 Å². The van der Waals surface area contributed by atoms with Crippen LogP contribution in [-0.4, -0.2) is 54.6 Å². The molecule has 25 heavy (non-hydrogen) atoms. The zero-order valence-corrected chi connectivity index (χ0v) is 15.9. The lowest BCUT2D eigenvalue weighted by Crippen LogP contribution is -2.35. The highest BCUT2D eigenvalue weighted by Gasteiger charge is 2.31. The lowest BCUT2D eigenvalue weighted by atomic mass is 10.1. The van der Waals surface area contributed by atoms with Crippen molar-refractivity contribution in [2.75, 3.05) is 27.2 Å². The fraction of sp³-hybridized carbons (Fsp3) is 0.500. The molecule has 0 N–H and O–H groups in total. The monoisotopic (exact) mass is 362 g/mol. The number of fused-ring (bicyclic) bond motifs is 1. The number of nitrogens with zero attached hydrogens (tertiary/aromatic N) is 4. The van der Waals surface area contributed by atoms with Gasteiger partial charge in [0.1, 0.15) is 0 Å². The average Bonchev–Trinajstić information content (AvgIpc) is 2.90. The zero-order valence-electron chi connectivity index (χ0n) is 15.1. The van der Waals surface area contributed by atoms with Crippen LogP contribution < -0.4 is 0 Å². The summed E-state index contributed by atoms with van der Waals surface area (Å²) in [6.07, 6.45) is 2.69. The molecule has 0 radical (unpaired) electrons. The molecule has 1 unspecified atom stereocenters. The molecular weight excluding hydrogens is 336 g/mol. The fourth-order valence-corrected chi connectivity index (χ4v) is 4.82. The molecule has 2 heterocycles. The predicted octanol–water partition coefficient (Wildman–Crippen LogP) is 1.96. The number of aryl methyl sites for hydroxylation is 1. The number of rotatable bonds is 5. The summed E-state index contributed by atoms with van der Waals surface area (Å²) in [5.41, 5.74) is 1.90. The normalized spacial score (nSPS) is 19.0. The van der Waals surface area contributed by atoms with E-state index in [1.165, 1.54) is 0 Å². The standard InChI is InChI=1S/C18H26N4O2S/c1-15-5-4-6-18(11-15)25(23,24)21-12-16(8-10-20(2)3)13-22-17(14-21)7-9-19-22/h4-7,9,11,16H,8,10,12-14H2,1-3H3. The van der Waals surface area contributed by atoms with Gasteiger partial charge in [-0.15, -0.1) is 0 Å². The first-order valence-electron chi connectivity index (χ1n) is 8.58. The molecule has 0 spiro atoms. The minimum Gasteiger partial charge on any atom is -0.309 e. The Bertz CT molecular complexity index is 829. The third kappa shape index (κ3) is 4.11. The number of benzene rings is 1. The quantitative estimate of drug-likeness (QED) is 0.816. The Kier molecular flexibility index (Phi) is 5.27. The van der Waals surface area contributed by atoms with Crippen LogP contribution in [-0.2, 0) is 23.1 Å². The van der Waals surface area contributed by atoms with E-state index in [0.717, 1.165) is 30.8 Å². The van der Waals surface area contributed by atoms with Crippen LogP contribution in [0.15, 0.2) is 41.4 Å². The molecule has 0 bridgehead atoms. The molecule has 2 aromatic rings. The molecule has 1 aliphatic rings. The summed E-state index contributed by atoms with van der Waals surface area (Å²) in [6, 6.07) is 9.04. The maximum Gasteiger partial charge on any atom is 0.243 e. The Labute approximate surface area is 150 Å². The van der Waals surface area contributed by atoms with Crippen molar-refractivity contribution in [2.45, 2.75) is 31.3 Å². The molecule has 0 saturated heterocycles. The smallest absolute Gasteiger partial charge is 0.243 e. The van der Waals surface area contributed by atoms with E-state index >= 15 is 0 Å². The molecule has 1 aliphatic heterocycles. The number of sulfonamides is 1. The molecular formula is C18H26N4O2S.